The second-order valence-electron chi connectivity index (χ2n) is 4.43. The lowest BCUT2D eigenvalue weighted by Crippen LogP contribution is -2.37. The van der Waals surface area contributed by atoms with Crippen molar-refractivity contribution >= 4 is 15.2 Å². The van der Waals surface area contributed by atoms with Crippen molar-refractivity contribution < 1.29 is 28.7 Å². The predicted molar refractivity (Wildman–Crippen MR) is 61.5 cm³/mol. The Bertz CT molecular complexity index is 341. The third-order valence-electron chi connectivity index (χ3n) is 2.85. The maximum atomic E-state index is 11.2. The van der Waals surface area contributed by atoms with Gasteiger partial charge in [-0.15, -0.1) is 0 Å². The van der Waals surface area contributed by atoms with Gasteiger partial charge in [-0.2, -0.15) is 0 Å². The molecule has 0 aromatic carbocycles. The monoisotopic (exact) mass is 288 g/mol. The van der Waals surface area contributed by atoms with Gasteiger partial charge in [0.05, 0.1) is 0 Å². The van der Waals surface area contributed by atoms with Crippen molar-refractivity contribution in [1.29, 1.82) is 0 Å². The normalized spacial score (nSPS) is 23.9. The fraction of sp³-hybridized carbons (Fsp3) is 1.00. The van der Waals surface area contributed by atoms with Crippen LogP contribution in [0.5, 0.6) is 0 Å². The predicted octanol–water partition coefficient (Wildman–Crippen LogP) is -0.739. The van der Waals surface area contributed by atoms with Crippen LogP contribution in [0.1, 0.15) is 6.42 Å². The molecule has 17 heavy (non-hydrogen) atoms. The molecule has 1 aliphatic heterocycles. The van der Waals surface area contributed by atoms with Crippen molar-refractivity contribution in [2.75, 3.05) is 27.2 Å². The fourth-order valence-electron chi connectivity index (χ4n) is 2.02. The Morgan fingerprint density at radius 2 is 1.65 bits per heavy atom. The molecule has 0 aromatic heterocycles. The van der Waals surface area contributed by atoms with Crippen LogP contribution < -0.4 is 0 Å². The van der Waals surface area contributed by atoms with Crippen LogP contribution in [0.4, 0.5) is 0 Å². The van der Waals surface area contributed by atoms with E-state index in [-0.39, 0.29) is 19.1 Å². The molecular formula is C7H18N2O6P2. The minimum absolute atomic E-state index is 0.0515. The van der Waals surface area contributed by atoms with Gasteiger partial charge in [0.2, 0.25) is 5.52 Å². The first-order valence-corrected chi connectivity index (χ1v) is 8.40. The van der Waals surface area contributed by atoms with Crippen LogP contribution in [0, 0.1) is 0 Å². The minimum atomic E-state index is -4.86. The van der Waals surface area contributed by atoms with E-state index < -0.39 is 20.7 Å². The lowest BCUT2D eigenvalue weighted by atomic mass is 10.2. The summed E-state index contributed by atoms with van der Waals surface area (Å²) < 4.78 is 22.4. The summed E-state index contributed by atoms with van der Waals surface area (Å²) in [6.45, 7) is 0.512. The van der Waals surface area contributed by atoms with Gasteiger partial charge in [0.25, 0.3) is 0 Å². The van der Waals surface area contributed by atoms with Crippen LogP contribution in [-0.4, -0.2) is 68.1 Å². The molecule has 4 N–H and O–H groups in total. The van der Waals surface area contributed by atoms with Crippen molar-refractivity contribution in [3.8, 4) is 0 Å². The highest BCUT2D eigenvalue weighted by Crippen LogP contribution is 2.61. The molecule has 1 saturated heterocycles. The van der Waals surface area contributed by atoms with Gasteiger partial charge in [0.15, 0.2) is 0 Å². The number of hydrogen-bond donors (Lipinski definition) is 4. The van der Waals surface area contributed by atoms with Crippen molar-refractivity contribution in [2.45, 2.75) is 18.0 Å². The highest BCUT2D eigenvalue weighted by atomic mass is 31.2. The van der Waals surface area contributed by atoms with Gasteiger partial charge in [0, 0.05) is 19.1 Å². The van der Waals surface area contributed by atoms with Crippen LogP contribution in [0.15, 0.2) is 0 Å². The van der Waals surface area contributed by atoms with E-state index in [0.717, 1.165) is 0 Å². The molecule has 0 aromatic rings. The molecule has 102 valence electrons. The molecule has 1 unspecified atom stereocenters. The summed E-state index contributed by atoms with van der Waals surface area (Å²) in [5.41, 5.74) is -2.01. The van der Waals surface area contributed by atoms with Gasteiger partial charge in [-0.1, -0.05) is 0 Å². The third-order valence-corrected chi connectivity index (χ3v) is 6.51. The first kappa shape index (κ1) is 15.3. The molecule has 1 atom stereocenters. The highest BCUT2D eigenvalue weighted by molar-refractivity contribution is 7.70. The average Bonchev–Trinajstić information content (AvgIpc) is 2.46. The molecule has 1 rings (SSSR count). The van der Waals surface area contributed by atoms with Gasteiger partial charge < -0.3 is 24.5 Å². The van der Waals surface area contributed by atoms with Gasteiger partial charge in [-0.3, -0.25) is 14.0 Å². The lowest BCUT2D eigenvalue weighted by molar-refractivity contribution is 0.235. The molecule has 0 radical (unpaired) electrons. The Kier molecular flexibility index (Phi) is 4.56. The van der Waals surface area contributed by atoms with Crippen LogP contribution >= 0.6 is 15.2 Å². The van der Waals surface area contributed by atoms with Crippen LogP contribution in [0.25, 0.3) is 0 Å². The molecule has 0 saturated carbocycles. The van der Waals surface area contributed by atoms with E-state index in [9.17, 15) is 9.13 Å². The Balaban J connectivity index is 2.89. The van der Waals surface area contributed by atoms with E-state index in [4.69, 9.17) is 19.6 Å². The zero-order chi connectivity index (χ0) is 13.4. The van der Waals surface area contributed by atoms with E-state index in [0.29, 0.717) is 6.42 Å². The first-order chi connectivity index (χ1) is 7.53. The summed E-state index contributed by atoms with van der Waals surface area (Å²) in [5, 5.41) is 0. The zero-order valence-corrected chi connectivity index (χ0v) is 11.5. The maximum absolute atomic E-state index is 11.2. The standard InChI is InChI=1S/C7H18N2O6P2/c1-8(2)6-3-4-9(5-6)7(16(10,11)12)17(13,14)15/h6-7H,3-5H2,1-2H3,(H2,10,11,12)(H2,13,14,15). The molecule has 1 aliphatic rings. The first-order valence-electron chi connectivity index (χ1n) is 5.04. The molecule has 10 heteroatoms. The zero-order valence-electron chi connectivity index (χ0n) is 9.67. The second-order valence-corrected chi connectivity index (χ2v) is 8.17. The van der Waals surface area contributed by atoms with Crippen LogP contribution in [0.3, 0.4) is 0 Å². The quantitative estimate of drug-likeness (QED) is 0.499. The molecule has 1 heterocycles. The van der Waals surface area contributed by atoms with E-state index in [1.807, 2.05) is 19.0 Å². The summed E-state index contributed by atoms with van der Waals surface area (Å²) in [6, 6.07) is 0.0515. The van der Waals surface area contributed by atoms with Crippen LogP contribution in [0.2, 0.25) is 0 Å². The van der Waals surface area contributed by atoms with Gasteiger partial charge >= 0.3 is 15.2 Å². The molecule has 0 amide bonds. The van der Waals surface area contributed by atoms with Crippen molar-refractivity contribution in [3.05, 3.63) is 0 Å². The molecule has 8 nitrogen and oxygen atoms in total. The molecule has 1 fully saturated rings. The largest absolute Gasteiger partial charge is 0.354 e. The van der Waals surface area contributed by atoms with E-state index in [2.05, 4.69) is 0 Å². The Morgan fingerprint density at radius 3 is 1.94 bits per heavy atom. The maximum Gasteiger partial charge on any atom is 0.354 e. The third kappa shape index (κ3) is 3.84. The number of likely N-dealkylation sites (N-methyl/N-ethyl adjacent to an activating group) is 1. The number of nitrogens with zero attached hydrogens (tertiary/aromatic N) is 2. The molecule has 0 aliphatic carbocycles. The van der Waals surface area contributed by atoms with Gasteiger partial charge in [-0.05, 0) is 20.5 Å². The second kappa shape index (κ2) is 5.07. The lowest BCUT2D eigenvalue weighted by Gasteiger charge is -2.29. The number of hydrogen-bond acceptors (Lipinski definition) is 4. The van der Waals surface area contributed by atoms with Gasteiger partial charge in [-0.25, -0.2) is 0 Å². The molecule has 0 spiro atoms. The topological polar surface area (TPSA) is 122 Å². The molecular weight excluding hydrogens is 270 g/mol. The summed E-state index contributed by atoms with van der Waals surface area (Å²) in [5.74, 6) is 0. The molecule has 0 bridgehead atoms. The Labute approximate surface area is 99.5 Å². The summed E-state index contributed by atoms with van der Waals surface area (Å²) in [6.07, 6.45) is 0.628. The van der Waals surface area contributed by atoms with Crippen LogP contribution in [-0.2, 0) is 9.13 Å². The summed E-state index contributed by atoms with van der Waals surface area (Å²) >= 11 is 0. The van der Waals surface area contributed by atoms with Crippen molar-refractivity contribution in [1.82, 2.24) is 9.80 Å². The summed E-state index contributed by atoms with van der Waals surface area (Å²) in [4.78, 5) is 39.3. The number of likely N-dealkylation sites (tertiary alicyclic amines) is 1. The van der Waals surface area contributed by atoms with E-state index >= 15 is 0 Å². The van der Waals surface area contributed by atoms with E-state index in [1.165, 1.54) is 4.90 Å². The van der Waals surface area contributed by atoms with Crippen molar-refractivity contribution in [3.63, 3.8) is 0 Å². The highest BCUT2D eigenvalue weighted by Gasteiger charge is 2.49. The minimum Gasteiger partial charge on any atom is -0.323 e. The Hall–Kier alpha value is 0.220. The van der Waals surface area contributed by atoms with Crippen molar-refractivity contribution in [2.24, 2.45) is 0 Å². The van der Waals surface area contributed by atoms with E-state index in [1.54, 1.807) is 0 Å². The number of rotatable bonds is 4. The SMILES string of the molecule is CN(C)C1CCN(C(P(=O)(O)O)P(=O)(O)O)C1. The summed E-state index contributed by atoms with van der Waals surface area (Å²) in [7, 11) is -6.08. The average molecular weight is 288 g/mol. The van der Waals surface area contributed by atoms with Gasteiger partial charge in [0.1, 0.15) is 0 Å². The Morgan fingerprint density at radius 1 is 1.18 bits per heavy atom. The smallest absolute Gasteiger partial charge is 0.323 e. The fourth-order valence-corrected chi connectivity index (χ4v) is 4.86.